The molecule has 0 aliphatic carbocycles. The Bertz CT molecular complexity index is 1490. The molecule has 3 aromatic carbocycles. The number of ether oxygens (including phenoxy) is 3. The van der Waals surface area contributed by atoms with E-state index in [0.29, 0.717) is 58.3 Å². The second-order valence-electron chi connectivity index (χ2n) is 8.36. The van der Waals surface area contributed by atoms with Crippen molar-refractivity contribution in [3.63, 3.8) is 0 Å². The lowest BCUT2D eigenvalue weighted by molar-refractivity contribution is 0.262. The van der Waals surface area contributed by atoms with Gasteiger partial charge in [0.1, 0.15) is 17.9 Å². The Labute approximate surface area is 229 Å². The summed E-state index contributed by atoms with van der Waals surface area (Å²) < 4.78 is 31.6. The van der Waals surface area contributed by atoms with Crippen LogP contribution in [0.25, 0.3) is 10.9 Å². The Balaban J connectivity index is 1.51. The van der Waals surface area contributed by atoms with E-state index in [-0.39, 0.29) is 16.6 Å². The first-order valence-electron chi connectivity index (χ1n) is 11.6. The van der Waals surface area contributed by atoms with Gasteiger partial charge in [0, 0.05) is 18.0 Å². The van der Waals surface area contributed by atoms with Crippen LogP contribution in [0.15, 0.2) is 48.8 Å². The summed E-state index contributed by atoms with van der Waals surface area (Å²) in [6.45, 7) is 3.89. The van der Waals surface area contributed by atoms with Crippen LogP contribution in [0.2, 0.25) is 5.02 Å². The standard InChI is InChI=1S/C27H25Cl2FN4O4/c1-15-9-16(2)25(30)22(10-15)34-27(35)33-20-6-5-17(11-19(20)29)38-26-18-12-23(36-3)24(37-8-4-7-28)13-21(18)31-14-32-26/h5-6,9-14H,4,7-8H2,1-3H3,(H2,33,34,35). The molecule has 8 nitrogen and oxygen atoms in total. The van der Waals surface area contributed by atoms with E-state index in [9.17, 15) is 9.18 Å². The lowest BCUT2D eigenvalue weighted by atomic mass is 10.1. The number of nitrogens with one attached hydrogen (secondary N) is 2. The highest BCUT2D eigenvalue weighted by Gasteiger charge is 2.15. The predicted octanol–water partition coefficient (Wildman–Crippen LogP) is 7.49. The molecule has 0 fully saturated rings. The van der Waals surface area contributed by atoms with Crippen LogP contribution in [-0.2, 0) is 0 Å². The quantitative estimate of drug-likeness (QED) is 0.163. The van der Waals surface area contributed by atoms with E-state index in [1.807, 2.05) is 6.92 Å². The first-order chi connectivity index (χ1) is 18.3. The van der Waals surface area contributed by atoms with Gasteiger partial charge >= 0.3 is 6.03 Å². The van der Waals surface area contributed by atoms with Crippen molar-refractivity contribution in [3.05, 3.63) is 70.8 Å². The molecule has 0 saturated carbocycles. The molecule has 2 amide bonds. The zero-order valence-electron chi connectivity index (χ0n) is 20.9. The number of amides is 2. The van der Waals surface area contributed by atoms with Gasteiger partial charge in [-0.25, -0.2) is 19.2 Å². The first-order valence-corrected chi connectivity index (χ1v) is 12.5. The summed E-state index contributed by atoms with van der Waals surface area (Å²) in [7, 11) is 1.54. The average Bonchev–Trinajstić information content (AvgIpc) is 2.88. The number of carbonyl (C=O) groups is 1. The van der Waals surface area contributed by atoms with Gasteiger partial charge in [-0.2, -0.15) is 0 Å². The molecule has 1 aromatic heterocycles. The average molecular weight is 559 g/mol. The van der Waals surface area contributed by atoms with Crippen LogP contribution in [0.1, 0.15) is 17.5 Å². The maximum Gasteiger partial charge on any atom is 0.323 e. The normalized spacial score (nSPS) is 10.8. The van der Waals surface area contributed by atoms with Crippen LogP contribution in [0.3, 0.4) is 0 Å². The molecule has 2 N–H and O–H groups in total. The number of anilines is 2. The van der Waals surface area contributed by atoms with Gasteiger partial charge in [-0.1, -0.05) is 17.7 Å². The number of benzene rings is 3. The molecule has 4 rings (SSSR count). The largest absolute Gasteiger partial charge is 0.493 e. The van der Waals surface area contributed by atoms with Crippen LogP contribution in [-0.4, -0.2) is 35.6 Å². The number of urea groups is 1. The monoisotopic (exact) mass is 558 g/mol. The van der Waals surface area contributed by atoms with E-state index in [1.165, 1.54) is 19.5 Å². The summed E-state index contributed by atoms with van der Waals surface area (Å²) in [4.78, 5) is 21.0. The summed E-state index contributed by atoms with van der Waals surface area (Å²) in [5.41, 5.74) is 2.24. The molecule has 0 aliphatic heterocycles. The minimum atomic E-state index is -0.637. The van der Waals surface area contributed by atoms with E-state index in [1.54, 1.807) is 43.3 Å². The second kappa shape index (κ2) is 12.1. The number of hydrogen-bond donors (Lipinski definition) is 2. The van der Waals surface area contributed by atoms with Gasteiger partial charge < -0.3 is 24.8 Å². The smallest absolute Gasteiger partial charge is 0.323 e. The summed E-state index contributed by atoms with van der Waals surface area (Å²) >= 11 is 12.1. The van der Waals surface area contributed by atoms with Gasteiger partial charge in [0.15, 0.2) is 11.5 Å². The molecular formula is C27H25Cl2FN4O4. The van der Waals surface area contributed by atoms with Crippen molar-refractivity contribution in [1.82, 2.24) is 9.97 Å². The summed E-state index contributed by atoms with van der Waals surface area (Å²) in [6.07, 6.45) is 2.07. The molecule has 11 heteroatoms. The minimum Gasteiger partial charge on any atom is -0.493 e. The van der Waals surface area contributed by atoms with E-state index in [4.69, 9.17) is 37.4 Å². The van der Waals surface area contributed by atoms with Crippen LogP contribution >= 0.6 is 23.2 Å². The van der Waals surface area contributed by atoms with Gasteiger partial charge in [-0.15, -0.1) is 11.6 Å². The molecular weight excluding hydrogens is 534 g/mol. The zero-order valence-corrected chi connectivity index (χ0v) is 22.4. The van der Waals surface area contributed by atoms with Crippen molar-refractivity contribution in [1.29, 1.82) is 0 Å². The van der Waals surface area contributed by atoms with Crippen LogP contribution < -0.4 is 24.8 Å². The van der Waals surface area contributed by atoms with Crippen LogP contribution in [0, 0.1) is 19.7 Å². The van der Waals surface area contributed by atoms with E-state index >= 15 is 0 Å². The van der Waals surface area contributed by atoms with Crippen molar-refractivity contribution in [2.24, 2.45) is 0 Å². The minimum absolute atomic E-state index is 0.0785. The number of alkyl halides is 1. The molecule has 0 unspecified atom stereocenters. The third kappa shape index (κ3) is 6.35. The van der Waals surface area contributed by atoms with Gasteiger partial charge in [0.05, 0.1) is 41.0 Å². The summed E-state index contributed by atoms with van der Waals surface area (Å²) in [5, 5.41) is 5.94. The molecule has 38 heavy (non-hydrogen) atoms. The number of aryl methyl sites for hydroxylation is 2. The number of nitrogens with zero attached hydrogens (tertiary/aromatic N) is 2. The van der Waals surface area contributed by atoms with Crippen molar-refractivity contribution in [3.8, 4) is 23.1 Å². The highest BCUT2D eigenvalue weighted by molar-refractivity contribution is 6.34. The fourth-order valence-corrected chi connectivity index (χ4v) is 4.05. The Hall–Kier alpha value is -3.82. The van der Waals surface area contributed by atoms with Crippen LogP contribution in [0.5, 0.6) is 23.1 Å². The van der Waals surface area contributed by atoms with Crippen molar-refractivity contribution >= 4 is 51.5 Å². The zero-order chi connectivity index (χ0) is 27.2. The third-order valence-electron chi connectivity index (χ3n) is 5.47. The number of carbonyl (C=O) groups excluding carboxylic acids is 1. The first kappa shape index (κ1) is 27.2. The molecule has 0 radical (unpaired) electrons. The van der Waals surface area contributed by atoms with E-state index < -0.39 is 11.8 Å². The Kier molecular flexibility index (Phi) is 8.70. The Morgan fingerprint density at radius 1 is 1.03 bits per heavy atom. The molecule has 0 spiro atoms. The lowest BCUT2D eigenvalue weighted by Gasteiger charge is -2.14. The maximum absolute atomic E-state index is 14.4. The molecule has 0 bridgehead atoms. The summed E-state index contributed by atoms with van der Waals surface area (Å²) in [5.74, 6) is 1.68. The number of fused-ring (bicyclic) bond motifs is 1. The highest BCUT2D eigenvalue weighted by atomic mass is 35.5. The van der Waals surface area contributed by atoms with Gasteiger partial charge in [-0.05, 0) is 55.7 Å². The van der Waals surface area contributed by atoms with Gasteiger partial charge in [0.2, 0.25) is 5.88 Å². The predicted molar refractivity (Wildman–Crippen MR) is 147 cm³/mol. The fraction of sp³-hybridized carbons (Fsp3) is 0.222. The third-order valence-corrected chi connectivity index (χ3v) is 6.05. The van der Waals surface area contributed by atoms with Crippen molar-refractivity contribution in [2.45, 2.75) is 20.3 Å². The highest BCUT2D eigenvalue weighted by Crippen LogP contribution is 2.37. The molecule has 0 aliphatic rings. The lowest BCUT2D eigenvalue weighted by Crippen LogP contribution is -2.20. The Morgan fingerprint density at radius 2 is 1.82 bits per heavy atom. The van der Waals surface area contributed by atoms with Gasteiger partial charge in [0.25, 0.3) is 0 Å². The topological polar surface area (TPSA) is 94.6 Å². The summed E-state index contributed by atoms with van der Waals surface area (Å²) in [6, 6.07) is 10.8. The number of rotatable bonds is 9. The maximum atomic E-state index is 14.4. The number of aromatic nitrogens is 2. The number of methoxy groups -OCH3 is 1. The molecule has 198 valence electrons. The molecule has 1 heterocycles. The Morgan fingerprint density at radius 3 is 2.55 bits per heavy atom. The van der Waals surface area contributed by atoms with E-state index in [2.05, 4.69) is 20.6 Å². The van der Waals surface area contributed by atoms with Gasteiger partial charge in [-0.3, -0.25) is 0 Å². The SMILES string of the molecule is COc1cc2c(Oc3ccc(NC(=O)Nc4cc(C)cc(C)c4F)c(Cl)c3)ncnc2cc1OCCCCl. The van der Waals surface area contributed by atoms with Crippen LogP contribution in [0.4, 0.5) is 20.6 Å². The molecule has 4 aromatic rings. The number of hydrogen-bond acceptors (Lipinski definition) is 6. The molecule has 0 saturated heterocycles. The van der Waals surface area contributed by atoms with Crippen molar-refractivity contribution < 1.29 is 23.4 Å². The second-order valence-corrected chi connectivity index (χ2v) is 9.14. The fourth-order valence-electron chi connectivity index (χ4n) is 3.72. The van der Waals surface area contributed by atoms with E-state index in [0.717, 1.165) is 5.56 Å². The molecule has 0 atom stereocenters. The number of halogens is 3. The van der Waals surface area contributed by atoms with Crippen molar-refractivity contribution in [2.75, 3.05) is 30.2 Å².